The van der Waals surface area contributed by atoms with E-state index in [4.69, 9.17) is 10.1 Å². The number of piperidine rings is 1. The maximum absolute atomic E-state index is 10.8. The van der Waals surface area contributed by atoms with E-state index in [-0.39, 0.29) is 6.42 Å². The van der Waals surface area contributed by atoms with Crippen molar-refractivity contribution in [3.63, 3.8) is 0 Å². The van der Waals surface area contributed by atoms with Gasteiger partial charge < -0.3 is 10.0 Å². The first-order valence-electron chi connectivity index (χ1n) is 7.58. The molecule has 4 nitrogen and oxygen atoms in total. The van der Waals surface area contributed by atoms with Crippen LogP contribution in [0.5, 0.6) is 0 Å². The fourth-order valence-corrected chi connectivity index (χ4v) is 3.96. The highest BCUT2D eigenvalue weighted by molar-refractivity contribution is 7.15. The van der Waals surface area contributed by atoms with Crippen molar-refractivity contribution in [3.8, 4) is 0 Å². The zero-order valence-electron chi connectivity index (χ0n) is 12.4. The Kier molecular flexibility index (Phi) is 5.40. The van der Waals surface area contributed by atoms with E-state index in [1.807, 2.05) is 0 Å². The molecule has 1 unspecified atom stereocenters. The molecule has 1 N–H and O–H groups in total. The zero-order valence-corrected chi connectivity index (χ0v) is 13.2. The van der Waals surface area contributed by atoms with Crippen molar-refractivity contribution in [1.82, 2.24) is 4.98 Å². The molecule has 2 heterocycles. The van der Waals surface area contributed by atoms with Crippen LogP contribution < -0.4 is 4.90 Å². The van der Waals surface area contributed by atoms with Gasteiger partial charge in [0.05, 0.1) is 12.1 Å². The van der Waals surface area contributed by atoms with Crippen LogP contribution in [0.1, 0.15) is 56.5 Å². The fourth-order valence-electron chi connectivity index (χ4n) is 2.72. The van der Waals surface area contributed by atoms with E-state index in [0.29, 0.717) is 12.5 Å². The molecule has 0 saturated carbocycles. The van der Waals surface area contributed by atoms with E-state index in [1.165, 1.54) is 24.1 Å². The first kappa shape index (κ1) is 15.3. The lowest BCUT2D eigenvalue weighted by Gasteiger charge is -2.33. The minimum atomic E-state index is -0.728. The van der Waals surface area contributed by atoms with Gasteiger partial charge in [0, 0.05) is 17.5 Å². The van der Waals surface area contributed by atoms with Gasteiger partial charge in [0.15, 0.2) is 5.13 Å². The highest BCUT2D eigenvalue weighted by Gasteiger charge is 2.23. The number of hydrogen-bond donors (Lipinski definition) is 1. The van der Waals surface area contributed by atoms with Crippen LogP contribution >= 0.6 is 11.3 Å². The molecule has 1 atom stereocenters. The fraction of sp³-hybridized carbons (Fsp3) is 0.733. The van der Waals surface area contributed by atoms with Crippen LogP contribution in [0, 0.1) is 0 Å². The highest BCUT2D eigenvalue weighted by Crippen LogP contribution is 2.32. The van der Waals surface area contributed by atoms with Gasteiger partial charge in [0.2, 0.25) is 0 Å². The Morgan fingerprint density at radius 2 is 2.25 bits per heavy atom. The van der Waals surface area contributed by atoms with Gasteiger partial charge in [-0.1, -0.05) is 13.3 Å². The lowest BCUT2D eigenvalue weighted by atomic mass is 10.0. The Labute approximate surface area is 124 Å². The normalized spacial score (nSPS) is 19.3. The molecule has 0 aromatic carbocycles. The molecule has 1 aromatic heterocycles. The number of carboxylic acid groups (broad SMARTS) is 1. The smallest absolute Gasteiger partial charge is 0.303 e. The molecule has 20 heavy (non-hydrogen) atoms. The molecule has 1 aromatic rings. The van der Waals surface area contributed by atoms with E-state index < -0.39 is 5.97 Å². The Morgan fingerprint density at radius 1 is 1.45 bits per heavy atom. The average molecular weight is 296 g/mol. The molecule has 0 spiro atoms. The van der Waals surface area contributed by atoms with Crippen molar-refractivity contribution in [2.45, 2.75) is 64.8 Å². The van der Waals surface area contributed by atoms with E-state index in [2.05, 4.69) is 18.7 Å². The number of rotatable bonds is 6. The molecule has 0 amide bonds. The largest absolute Gasteiger partial charge is 0.481 e. The standard InChI is InChI=1S/C15H24N2O2S/c1-3-6-12-13(8-9-14(18)19)20-15(16-12)17-10-5-4-7-11(17)2/h11H,3-10H2,1-2H3,(H,18,19). The third kappa shape index (κ3) is 3.72. The van der Waals surface area contributed by atoms with Crippen LogP contribution in [-0.2, 0) is 17.6 Å². The van der Waals surface area contributed by atoms with Crippen molar-refractivity contribution >= 4 is 22.4 Å². The summed E-state index contributed by atoms with van der Waals surface area (Å²) in [4.78, 5) is 19.1. The second-order valence-corrected chi connectivity index (χ2v) is 6.61. The molecule has 2 rings (SSSR count). The molecule has 1 aliphatic rings. The number of hydrogen-bond acceptors (Lipinski definition) is 4. The summed E-state index contributed by atoms with van der Waals surface area (Å²) >= 11 is 1.70. The maximum atomic E-state index is 10.8. The predicted molar refractivity (Wildman–Crippen MR) is 82.7 cm³/mol. The maximum Gasteiger partial charge on any atom is 0.303 e. The van der Waals surface area contributed by atoms with Gasteiger partial charge in [0.25, 0.3) is 0 Å². The number of aryl methyl sites for hydroxylation is 2. The van der Waals surface area contributed by atoms with Crippen molar-refractivity contribution in [3.05, 3.63) is 10.6 Å². The summed E-state index contributed by atoms with van der Waals surface area (Å²) in [6.45, 7) is 5.49. The van der Waals surface area contributed by atoms with Crippen molar-refractivity contribution in [1.29, 1.82) is 0 Å². The Bertz CT molecular complexity index is 459. The molecule has 1 fully saturated rings. The van der Waals surface area contributed by atoms with E-state index in [1.54, 1.807) is 11.3 Å². The number of aliphatic carboxylic acids is 1. The summed E-state index contributed by atoms with van der Waals surface area (Å²) in [5, 5.41) is 9.97. The first-order chi connectivity index (χ1) is 9.61. The van der Waals surface area contributed by atoms with Crippen molar-refractivity contribution in [2.75, 3.05) is 11.4 Å². The Hall–Kier alpha value is -1.10. The van der Waals surface area contributed by atoms with Gasteiger partial charge in [-0.3, -0.25) is 4.79 Å². The minimum Gasteiger partial charge on any atom is -0.481 e. The summed E-state index contributed by atoms with van der Waals surface area (Å²) in [6.07, 6.45) is 6.59. The van der Waals surface area contributed by atoms with E-state index in [9.17, 15) is 4.79 Å². The summed E-state index contributed by atoms with van der Waals surface area (Å²) < 4.78 is 0. The van der Waals surface area contributed by atoms with Gasteiger partial charge >= 0.3 is 5.97 Å². The molecule has 0 aliphatic carbocycles. The number of aromatic nitrogens is 1. The average Bonchev–Trinajstić information content (AvgIpc) is 2.80. The molecule has 1 aliphatic heterocycles. The minimum absolute atomic E-state index is 0.202. The summed E-state index contributed by atoms with van der Waals surface area (Å²) in [5.41, 5.74) is 1.12. The number of thiazole rings is 1. The number of carbonyl (C=O) groups is 1. The van der Waals surface area contributed by atoms with E-state index >= 15 is 0 Å². The molecule has 0 radical (unpaired) electrons. The van der Waals surface area contributed by atoms with Gasteiger partial charge in [-0.25, -0.2) is 4.98 Å². The van der Waals surface area contributed by atoms with Crippen LogP contribution in [0.3, 0.4) is 0 Å². The second-order valence-electron chi connectivity index (χ2n) is 5.55. The SMILES string of the molecule is CCCc1nc(N2CCCCC2C)sc1CCC(=O)O. The first-order valence-corrected chi connectivity index (χ1v) is 8.40. The second kappa shape index (κ2) is 7.07. The Morgan fingerprint density at radius 3 is 2.90 bits per heavy atom. The zero-order chi connectivity index (χ0) is 14.5. The molecule has 1 saturated heterocycles. The number of anilines is 1. The molecular weight excluding hydrogens is 272 g/mol. The van der Waals surface area contributed by atoms with Crippen LogP contribution in [0.4, 0.5) is 5.13 Å². The summed E-state index contributed by atoms with van der Waals surface area (Å²) in [5.74, 6) is -0.728. The molecular formula is C15H24N2O2S. The predicted octanol–water partition coefficient (Wildman–Crippen LogP) is 3.49. The van der Waals surface area contributed by atoms with Crippen LogP contribution in [-0.4, -0.2) is 28.6 Å². The van der Waals surface area contributed by atoms with Crippen molar-refractivity contribution < 1.29 is 9.90 Å². The van der Waals surface area contributed by atoms with Gasteiger partial charge in [-0.2, -0.15) is 0 Å². The molecule has 112 valence electrons. The lowest BCUT2D eigenvalue weighted by Crippen LogP contribution is -2.37. The molecule has 5 heteroatoms. The topological polar surface area (TPSA) is 53.4 Å². The highest BCUT2D eigenvalue weighted by atomic mass is 32.1. The lowest BCUT2D eigenvalue weighted by molar-refractivity contribution is -0.136. The van der Waals surface area contributed by atoms with Gasteiger partial charge in [-0.15, -0.1) is 11.3 Å². The van der Waals surface area contributed by atoms with Crippen molar-refractivity contribution in [2.24, 2.45) is 0 Å². The van der Waals surface area contributed by atoms with Crippen LogP contribution in [0.2, 0.25) is 0 Å². The van der Waals surface area contributed by atoms with Gasteiger partial charge in [-0.05, 0) is 39.0 Å². The number of carboxylic acids is 1. The third-order valence-corrected chi connectivity index (χ3v) is 5.06. The van der Waals surface area contributed by atoms with Crippen LogP contribution in [0.25, 0.3) is 0 Å². The van der Waals surface area contributed by atoms with Gasteiger partial charge in [0.1, 0.15) is 0 Å². The Balaban J connectivity index is 2.16. The molecule has 0 bridgehead atoms. The van der Waals surface area contributed by atoms with E-state index in [0.717, 1.165) is 30.2 Å². The number of nitrogens with zero attached hydrogens (tertiary/aromatic N) is 2. The summed E-state index contributed by atoms with van der Waals surface area (Å²) in [6, 6.07) is 0.553. The monoisotopic (exact) mass is 296 g/mol. The quantitative estimate of drug-likeness (QED) is 0.873. The third-order valence-electron chi connectivity index (χ3n) is 3.87. The summed E-state index contributed by atoms with van der Waals surface area (Å²) in [7, 11) is 0. The van der Waals surface area contributed by atoms with Crippen LogP contribution in [0.15, 0.2) is 0 Å².